The van der Waals surface area contributed by atoms with Crippen molar-refractivity contribution in [2.45, 2.75) is 12.2 Å². The molecule has 1 unspecified atom stereocenters. The van der Waals surface area contributed by atoms with E-state index >= 15 is 0 Å². The van der Waals surface area contributed by atoms with Crippen LogP contribution in [0.1, 0.15) is 17.2 Å². The number of carbonyl (C=O) groups is 1. The van der Waals surface area contributed by atoms with Gasteiger partial charge in [-0.05, 0) is 50.0 Å². The van der Waals surface area contributed by atoms with Crippen molar-refractivity contribution in [1.82, 2.24) is 10.2 Å². The monoisotopic (exact) mass is 395 g/mol. The summed E-state index contributed by atoms with van der Waals surface area (Å²) in [7, 11) is 5.39. The fraction of sp³-hybridized carbons (Fsp3) is 0.350. The lowest BCUT2D eigenvalue weighted by Gasteiger charge is -2.25. The van der Waals surface area contributed by atoms with Crippen LogP contribution in [0.4, 0.5) is 18.9 Å². The van der Waals surface area contributed by atoms with E-state index in [9.17, 15) is 18.0 Å². The van der Waals surface area contributed by atoms with Gasteiger partial charge in [0, 0.05) is 12.2 Å². The summed E-state index contributed by atoms with van der Waals surface area (Å²) < 4.78 is 43.5. The van der Waals surface area contributed by atoms with E-state index in [4.69, 9.17) is 4.74 Å². The van der Waals surface area contributed by atoms with Crippen molar-refractivity contribution in [1.29, 1.82) is 0 Å². The molecule has 0 aliphatic carbocycles. The van der Waals surface area contributed by atoms with Crippen LogP contribution in [0.15, 0.2) is 48.5 Å². The Balaban J connectivity index is 1.93. The molecule has 1 amide bonds. The summed E-state index contributed by atoms with van der Waals surface area (Å²) in [6.07, 6.45) is -4.42. The Kier molecular flexibility index (Phi) is 7.28. The molecular formula is C20H24F3N3O2. The van der Waals surface area contributed by atoms with Gasteiger partial charge in [0.25, 0.3) is 0 Å². The molecular weight excluding hydrogens is 371 g/mol. The summed E-state index contributed by atoms with van der Waals surface area (Å²) in [5.41, 5.74) is 0.459. The summed E-state index contributed by atoms with van der Waals surface area (Å²) in [6.45, 7) is 0.225. The predicted octanol–water partition coefficient (Wildman–Crippen LogP) is 3.55. The predicted molar refractivity (Wildman–Crippen MR) is 102 cm³/mol. The van der Waals surface area contributed by atoms with Crippen molar-refractivity contribution in [3.8, 4) is 5.75 Å². The van der Waals surface area contributed by atoms with Crippen molar-refractivity contribution < 1.29 is 22.7 Å². The van der Waals surface area contributed by atoms with E-state index in [0.717, 1.165) is 23.4 Å². The molecule has 0 bridgehead atoms. The SMILES string of the molecule is COc1cccc(C(CNC(=O)CNc2cccc(C(F)(F)F)c2)N(C)C)c1. The van der Waals surface area contributed by atoms with Gasteiger partial charge in [-0.25, -0.2) is 0 Å². The molecule has 0 aromatic heterocycles. The van der Waals surface area contributed by atoms with E-state index in [1.807, 2.05) is 43.3 Å². The molecule has 2 N–H and O–H groups in total. The van der Waals surface area contributed by atoms with E-state index in [2.05, 4.69) is 10.6 Å². The van der Waals surface area contributed by atoms with Gasteiger partial charge in [0.2, 0.25) is 5.91 Å². The Morgan fingerprint density at radius 3 is 2.50 bits per heavy atom. The number of hydrogen-bond donors (Lipinski definition) is 2. The first-order valence-corrected chi connectivity index (χ1v) is 8.69. The minimum absolute atomic E-state index is 0.0763. The number of anilines is 1. The van der Waals surface area contributed by atoms with Crippen LogP contribution in [0.2, 0.25) is 0 Å². The number of nitrogens with zero attached hydrogens (tertiary/aromatic N) is 1. The van der Waals surface area contributed by atoms with Gasteiger partial charge in [-0.1, -0.05) is 18.2 Å². The highest BCUT2D eigenvalue weighted by molar-refractivity contribution is 5.80. The lowest BCUT2D eigenvalue weighted by atomic mass is 10.1. The van der Waals surface area contributed by atoms with Crippen LogP contribution in [0, 0.1) is 0 Å². The van der Waals surface area contributed by atoms with Crippen molar-refractivity contribution in [2.75, 3.05) is 39.6 Å². The van der Waals surface area contributed by atoms with Crippen LogP contribution in [-0.2, 0) is 11.0 Å². The number of methoxy groups -OCH3 is 1. The molecule has 8 heteroatoms. The van der Waals surface area contributed by atoms with Gasteiger partial charge >= 0.3 is 6.18 Å². The van der Waals surface area contributed by atoms with Crippen LogP contribution in [0.3, 0.4) is 0 Å². The third-order valence-corrected chi connectivity index (χ3v) is 4.24. The Bertz CT molecular complexity index is 794. The van der Waals surface area contributed by atoms with Gasteiger partial charge in [0.15, 0.2) is 0 Å². The molecule has 2 aromatic carbocycles. The molecule has 0 aliphatic heterocycles. The summed E-state index contributed by atoms with van der Waals surface area (Å²) in [5, 5.41) is 5.53. The molecule has 0 aliphatic rings. The second-order valence-corrected chi connectivity index (χ2v) is 6.49. The zero-order valence-electron chi connectivity index (χ0n) is 16.0. The Labute approximate surface area is 162 Å². The first-order chi connectivity index (χ1) is 13.2. The first kappa shape index (κ1) is 21.6. The Hall–Kier alpha value is -2.74. The molecule has 1 atom stereocenters. The van der Waals surface area contributed by atoms with E-state index in [1.165, 1.54) is 12.1 Å². The number of likely N-dealkylation sites (N-methyl/N-ethyl adjacent to an activating group) is 1. The highest BCUT2D eigenvalue weighted by Gasteiger charge is 2.30. The normalized spacial score (nSPS) is 12.5. The van der Waals surface area contributed by atoms with Crippen molar-refractivity contribution in [2.24, 2.45) is 0 Å². The summed E-state index contributed by atoms with van der Waals surface area (Å²) in [6, 6.07) is 12.2. The summed E-state index contributed by atoms with van der Waals surface area (Å²) in [5.74, 6) is 0.411. The van der Waals surface area contributed by atoms with E-state index < -0.39 is 11.7 Å². The number of nitrogens with one attached hydrogen (secondary N) is 2. The number of amides is 1. The lowest BCUT2D eigenvalue weighted by molar-refractivity contribution is -0.137. The maximum absolute atomic E-state index is 12.7. The number of carbonyl (C=O) groups excluding carboxylic acids is 1. The Morgan fingerprint density at radius 2 is 1.86 bits per heavy atom. The van der Waals surface area contributed by atoms with Gasteiger partial charge in [-0.2, -0.15) is 13.2 Å². The van der Waals surface area contributed by atoms with Crippen LogP contribution in [-0.4, -0.2) is 45.1 Å². The highest BCUT2D eigenvalue weighted by Crippen LogP contribution is 2.30. The summed E-state index contributed by atoms with van der Waals surface area (Å²) >= 11 is 0. The van der Waals surface area contributed by atoms with Gasteiger partial charge in [0.05, 0.1) is 25.3 Å². The van der Waals surface area contributed by atoms with Gasteiger partial charge in [0.1, 0.15) is 5.75 Å². The molecule has 0 heterocycles. The molecule has 0 radical (unpaired) electrons. The molecule has 28 heavy (non-hydrogen) atoms. The Morgan fingerprint density at radius 1 is 1.14 bits per heavy atom. The zero-order chi connectivity index (χ0) is 20.7. The number of rotatable bonds is 8. The lowest BCUT2D eigenvalue weighted by Crippen LogP contribution is -2.37. The summed E-state index contributed by atoms with van der Waals surface area (Å²) in [4.78, 5) is 14.1. The minimum atomic E-state index is -4.42. The van der Waals surface area contributed by atoms with Gasteiger partial charge in [-0.15, -0.1) is 0 Å². The number of hydrogen-bond acceptors (Lipinski definition) is 4. The van der Waals surface area contributed by atoms with Crippen LogP contribution in [0.5, 0.6) is 5.75 Å². The van der Waals surface area contributed by atoms with Gasteiger partial charge in [-0.3, -0.25) is 4.79 Å². The molecule has 152 valence electrons. The second kappa shape index (κ2) is 9.45. The molecule has 0 spiro atoms. The number of benzene rings is 2. The number of ether oxygens (including phenoxy) is 1. The van der Waals surface area contributed by atoms with Crippen LogP contribution < -0.4 is 15.4 Å². The van der Waals surface area contributed by atoms with Crippen LogP contribution in [0.25, 0.3) is 0 Å². The maximum atomic E-state index is 12.7. The van der Waals surface area contributed by atoms with E-state index in [-0.39, 0.29) is 24.2 Å². The van der Waals surface area contributed by atoms with E-state index in [1.54, 1.807) is 7.11 Å². The molecule has 0 saturated carbocycles. The molecule has 5 nitrogen and oxygen atoms in total. The maximum Gasteiger partial charge on any atom is 0.416 e. The highest BCUT2D eigenvalue weighted by atomic mass is 19.4. The average molecular weight is 395 g/mol. The van der Waals surface area contributed by atoms with Crippen LogP contribution >= 0.6 is 0 Å². The van der Waals surface area contributed by atoms with Crippen molar-refractivity contribution >= 4 is 11.6 Å². The smallest absolute Gasteiger partial charge is 0.416 e. The van der Waals surface area contributed by atoms with Crippen molar-refractivity contribution in [3.05, 3.63) is 59.7 Å². The fourth-order valence-electron chi connectivity index (χ4n) is 2.71. The third kappa shape index (κ3) is 6.16. The topological polar surface area (TPSA) is 53.6 Å². The molecule has 0 fully saturated rings. The molecule has 0 saturated heterocycles. The quantitative estimate of drug-likeness (QED) is 0.718. The standard InChI is InChI=1S/C20H24F3N3O2/c1-26(2)18(14-6-4-9-17(10-14)28-3)12-25-19(27)13-24-16-8-5-7-15(11-16)20(21,22)23/h4-11,18,24H,12-13H2,1-3H3,(H,25,27). The first-order valence-electron chi connectivity index (χ1n) is 8.69. The molecule has 2 aromatic rings. The number of halogens is 3. The third-order valence-electron chi connectivity index (χ3n) is 4.24. The average Bonchev–Trinajstić information content (AvgIpc) is 2.66. The van der Waals surface area contributed by atoms with E-state index in [0.29, 0.717) is 6.54 Å². The fourth-order valence-corrected chi connectivity index (χ4v) is 2.71. The molecule has 2 rings (SSSR count). The zero-order valence-corrected chi connectivity index (χ0v) is 16.0. The van der Waals surface area contributed by atoms with Crippen molar-refractivity contribution in [3.63, 3.8) is 0 Å². The minimum Gasteiger partial charge on any atom is -0.497 e. The second-order valence-electron chi connectivity index (χ2n) is 6.49. The largest absolute Gasteiger partial charge is 0.497 e. The number of alkyl halides is 3. The van der Waals surface area contributed by atoms with Gasteiger partial charge < -0.3 is 20.3 Å².